The molecular weight excluding hydrogens is 354 g/mol. The molecule has 2 heterocycles. The van der Waals surface area contributed by atoms with Gasteiger partial charge in [0.25, 0.3) is 0 Å². The Kier molecular flexibility index (Phi) is 6.60. The largest absolute Gasteiger partial charge is 0.493 e. The molecule has 0 saturated carbocycles. The molecule has 1 aromatic rings. The number of benzene rings is 1. The van der Waals surface area contributed by atoms with Crippen molar-refractivity contribution in [1.82, 2.24) is 9.80 Å². The van der Waals surface area contributed by atoms with Crippen LogP contribution in [0.25, 0.3) is 0 Å². The van der Waals surface area contributed by atoms with Gasteiger partial charge in [-0.1, -0.05) is 32.0 Å². The number of amides is 2. The van der Waals surface area contributed by atoms with Gasteiger partial charge in [-0.05, 0) is 36.8 Å². The monoisotopic (exact) mass is 387 g/mol. The molecule has 3 rings (SSSR count). The van der Waals surface area contributed by atoms with Gasteiger partial charge in [-0.25, -0.2) is 0 Å². The number of hydrogen-bond donors (Lipinski definition) is 1. The quantitative estimate of drug-likeness (QED) is 0.841. The van der Waals surface area contributed by atoms with E-state index < -0.39 is 0 Å². The van der Waals surface area contributed by atoms with E-state index in [1.165, 1.54) is 0 Å². The molecule has 1 unspecified atom stereocenters. The smallest absolute Gasteiger partial charge is 0.225 e. The van der Waals surface area contributed by atoms with Crippen LogP contribution in [0.2, 0.25) is 0 Å². The third-order valence-electron chi connectivity index (χ3n) is 6.15. The molecule has 2 amide bonds. The van der Waals surface area contributed by atoms with E-state index in [2.05, 4.69) is 13.8 Å². The topological polar surface area (TPSA) is 75.9 Å². The minimum Gasteiger partial charge on any atom is -0.493 e. The molecule has 2 aliphatic heterocycles. The zero-order chi connectivity index (χ0) is 20.1. The number of likely N-dealkylation sites (tertiary alicyclic amines) is 2. The van der Waals surface area contributed by atoms with E-state index in [9.17, 15) is 9.59 Å². The van der Waals surface area contributed by atoms with Crippen molar-refractivity contribution >= 4 is 11.8 Å². The highest BCUT2D eigenvalue weighted by atomic mass is 16.5. The molecule has 0 aromatic heterocycles. The summed E-state index contributed by atoms with van der Waals surface area (Å²) in [6.45, 7) is 7.42. The van der Waals surface area contributed by atoms with Crippen molar-refractivity contribution in [2.24, 2.45) is 17.1 Å². The summed E-state index contributed by atoms with van der Waals surface area (Å²) in [6, 6.07) is 9.68. The molecule has 1 atom stereocenters. The SMILES string of the molecule is CC1(C)CN(C(=O)C2CCN(C(=O)CCOc3ccccc3)CC2)CCC1N. The number of nitrogens with zero attached hydrogens (tertiary/aromatic N) is 2. The highest BCUT2D eigenvalue weighted by Gasteiger charge is 2.38. The Morgan fingerprint density at radius 1 is 1.07 bits per heavy atom. The van der Waals surface area contributed by atoms with Crippen molar-refractivity contribution in [2.75, 3.05) is 32.8 Å². The first-order valence-corrected chi connectivity index (χ1v) is 10.4. The Balaban J connectivity index is 1.41. The van der Waals surface area contributed by atoms with Crippen molar-refractivity contribution in [3.63, 3.8) is 0 Å². The lowest BCUT2D eigenvalue weighted by Crippen LogP contribution is -2.55. The normalized spacial score (nSPS) is 22.8. The highest BCUT2D eigenvalue weighted by molar-refractivity contribution is 5.80. The second kappa shape index (κ2) is 8.95. The van der Waals surface area contributed by atoms with Gasteiger partial charge in [0, 0.05) is 38.1 Å². The molecule has 2 saturated heterocycles. The van der Waals surface area contributed by atoms with E-state index in [0.717, 1.165) is 38.1 Å². The summed E-state index contributed by atoms with van der Waals surface area (Å²) in [5.74, 6) is 1.14. The number of para-hydroxylation sites is 1. The van der Waals surface area contributed by atoms with E-state index in [1.807, 2.05) is 40.1 Å². The van der Waals surface area contributed by atoms with Crippen LogP contribution in [0, 0.1) is 11.3 Å². The summed E-state index contributed by atoms with van der Waals surface area (Å²) < 4.78 is 5.62. The minimum absolute atomic E-state index is 0.0229. The Bertz CT molecular complexity index is 669. The average molecular weight is 388 g/mol. The van der Waals surface area contributed by atoms with Gasteiger partial charge in [0.15, 0.2) is 0 Å². The minimum atomic E-state index is -0.0384. The second-order valence-corrected chi connectivity index (χ2v) is 8.71. The maximum atomic E-state index is 12.9. The number of carbonyl (C=O) groups is 2. The molecule has 0 spiro atoms. The molecular formula is C22H33N3O3. The van der Waals surface area contributed by atoms with Crippen LogP contribution < -0.4 is 10.5 Å². The van der Waals surface area contributed by atoms with Crippen LogP contribution in [-0.2, 0) is 9.59 Å². The van der Waals surface area contributed by atoms with Gasteiger partial charge >= 0.3 is 0 Å². The molecule has 6 nitrogen and oxygen atoms in total. The van der Waals surface area contributed by atoms with Crippen molar-refractivity contribution < 1.29 is 14.3 Å². The maximum Gasteiger partial charge on any atom is 0.225 e. The Morgan fingerprint density at radius 2 is 1.71 bits per heavy atom. The molecule has 154 valence electrons. The number of hydrogen-bond acceptors (Lipinski definition) is 4. The van der Waals surface area contributed by atoms with Gasteiger partial charge in [0.1, 0.15) is 5.75 Å². The number of piperidine rings is 2. The number of carbonyl (C=O) groups excluding carboxylic acids is 2. The predicted octanol–water partition coefficient (Wildman–Crippen LogP) is 2.28. The summed E-state index contributed by atoms with van der Waals surface area (Å²) >= 11 is 0. The number of nitrogens with two attached hydrogens (primary N) is 1. The fraction of sp³-hybridized carbons (Fsp3) is 0.636. The van der Waals surface area contributed by atoms with Crippen molar-refractivity contribution in [3.05, 3.63) is 30.3 Å². The zero-order valence-electron chi connectivity index (χ0n) is 17.1. The van der Waals surface area contributed by atoms with Crippen LogP contribution in [0.5, 0.6) is 5.75 Å². The van der Waals surface area contributed by atoms with E-state index in [4.69, 9.17) is 10.5 Å². The zero-order valence-corrected chi connectivity index (χ0v) is 17.1. The summed E-state index contributed by atoms with van der Waals surface area (Å²) in [5, 5.41) is 0. The van der Waals surface area contributed by atoms with Crippen LogP contribution >= 0.6 is 0 Å². The first kappa shape index (κ1) is 20.6. The van der Waals surface area contributed by atoms with Gasteiger partial charge in [-0.15, -0.1) is 0 Å². The number of rotatable bonds is 5. The molecule has 2 N–H and O–H groups in total. The summed E-state index contributed by atoms with van der Waals surface area (Å²) in [4.78, 5) is 29.2. The van der Waals surface area contributed by atoms with Crippen LogP contribution in [0.1, 0.15) is 39.5 Å². The Morgan fingerprint density at radius 3 is 2.36 bits per heavy atom. The Hall–Kier alpha value is -2.08. The van der Waals surface area contributed by atoms with Crippen LogP contribution in [0.15, 0.2) is 30.3 Å². The fourth-order valence-electron chi connectivity index (χ4n) is 4.13. The third kappa shape index (κ3) is 5.04. The standard InChI is InChI=1S/C22H33N3O3/c1-22(2)16-25(14-10-19(22)23)21(27)17-8-12-24(13-9-17)20(26)11-15-28-18-6-4-3-5-7-18/h3-7,17,19H,8-16,23H2,1-2H3. The van der Waals surface area contributed by atoms with Gasteiger partial charge in [0.05, 0.1) is 13.0 Å². The average Bonchev–Trinajstić information content (AvgIpc) is 2.70. The van der Waals surface area contributed by atoms with Crippen LogP contribution in [0.3, 0.4) is 0 Å². The lowest BCUT2D eigenvalue weighted by atomic mass is 9.79. The van der Waals surface area contributed by atoms with E-state index >= 15 is 0 Å². The predicted molar refractivity (Wildman–Crippen MR) is 109 cm³/mol. The second-order valence-electron chi connectivity index (χ2n) is 8.71. The van der Waals surface area contributed by atoms with Crippen LogP contribution in [-0.4, -0.2) is 60.4 Å². The molecule has 1 aromatic carbocycles. The van der Waals surface area contributed by atoms with E-state index in [0.29, 0.717) is 26.1 Å². The van der Waals surface area contributed by atoms with Gasteiger partial charge < -0.3 is 20.3 Å². The first-order valence-electron chi connectivity index (χ1n) is 10.4. The summed E-state index contributed by atoms with van der Waals surface area (Å²) in [7, 11) is 0. The molecule has 2 fully saturated rings. The fourth-order valence-corrected chi connectivity index (χ4v) is 4.13. The number of ether oxygens (including phenoxy) is 1. The summed E-state index contributed by atoms with van der Waals surface area (Å²) in [5.41, 5.74) is 6.15. The van der Waals surface area contributed by atoms with Crippen molar-refractivity contribution in [2.45, 2.75) is 45.6 Å². The molecule has 0 aliphatic carbocycles. The maximum absolute atomic E-state index is 12.9. The molecule has 2 aliphatic rings. The van der Waals surface area contributed by atoms with E-state index in [-0.39, 0.29) is 29.2 Å². The third-order valence-corrected chi connectivity index (χ3v) is 6.15. The molecule has 28 heavy (non-hydrogen) atoms. The first-order chi connectivity index (χ1) is 13.4. The van der Waals surface area contributed by atoms with Crippen molar-refractivity contribution in [3.8, 4) is 5.75 Å². The molecule has 6 heteroatoms. The molecule has 0 bridgehead atoms. The van der Waals surface area contributed by atoms with Gasteiger partial charge in [0.2, 0.25) is 11.8 Å². The Labute approximate surface area is 168 Å². The van der Waals surface area contributed by atoms with Gasteiger partial charge in [-0.2, -0.15) is 0 Å². The van der Waals surface area contributed by atoms with E-state index in [1.54, 1.807) is 0 Å². The lowest BCUT2D eigenvalue weighted by molar-refractivity contribution is -0.143. The highest BCUT2D eigenvalue weighted by Crippen LogP contribution is 2.30. The van der Waals surface area contributed by atoms with Gasteiger partial charge in [-0.3, -0.25) is 9.59 Å². The van der Waals surface area contributed by atoms with Crippen molar-refractivity contribution in [1.29, 1.82) is 0 Å². The summed E-state index contributed by atoms with van der Waals surface area (Å²) in [6.07, 6.45) is 2.71. The lowest BCUT2D eigenvalue weighted by Gasteiger charge is -2.44. The molecule has 0 radical (unpaired) electrons. The van der Waals surface area contributed by atoms with Crippen LogP contribution in [0.4, 0.5) is 0 Å².